The molecule has 2 aliphatic heterocycles. The van der Waals surface area contributed by atoms with E-state index < -0.39 is 5.91 Å². The van der Waals surface area contributed by atoms with Crippen molar-refractivity contribution in [2.24, 2.45) is 0 Å². The Labute approximate surface area is 92.4 Å². The van der Waals surface area contributed by atoms with Gasteiger partial charge in [0.15, 0.2) is 0 Å². The summed E-state index contributed by atoms with van der Waals surface area (Å²) in [4.78, 5) is 1.77. The van der Waals surface area contributed by atoms with Crippen LogP contribution in [0.25, 0.3) is 0 Å². The Bertz CT molecular complexity index is 198. The average Bonchev–Trinajstić information content (AvgIpc) is 2.18. The van der Waals surface area contributed by atoms with E-state index in [1.807, 2.05) is 11.8 Å². The Kier molecular flexibility index (Phi) is 3.62. The van der Waals surface area contributed by atoms with Crippen LogP contribution in [0.15, 0.2) is 0 Å². The summed E-state index contributed by atoms with van der Waals surface area (Å²) >= 11 is 3.46. The fraction of sp³-hybridized carbons (Fsp3) is 1.00. The summed E-state index contributed by atoms with van der Waals surface area (Å²) in [5.41, 5.74) is 0. The fourth-order valence-corrected chi connectivity index (χ4v) is 3.65. The molecule has 2 heterocycles. The second-order valence-electron chi connectivity index (χ2n) is 3.57. The van der Waals surface area contributed by atoms with Crippen LogP contribution < -0.4 is 5.32 Å². The lowest BCUT2D eigenvalue weighted by Gasteiger charge is -2.44. The molecular weight excluding hydrogens is 220 g/mol. The first-order chi connectivity index (χ1) is 6.70. The molecule has 6 heteroatoms. The third-order valence-electron chi connectivity index (χ3n) is 2.51. The molecule has 14 heavy (non-hydrogen) atoms. The van der Waals surface area contributed by atoms with Crippen molar-refractivity contribution in [1.29, 1.82) is 0 Å². The van der Waals surface area contributed by atoms with Crippen molar-refractivity contribution in [3.63, 3.8) is 0 Å². The van der Waals surface area contributed by atoms with Crippen LogP contribution in [0.5, 0.6) is 0 Å². The van der Waals surface area contributed by atoms with Crippen molar-refractivity contribution in [2.75, 3.05) is 36.1 Å². The number of nitrogens with zero attached hydrogens (tertiary/aromatic N) is 1. The van der Waals surface area contributed by atoms with Crippen LogP contribution in [-0.4, -0.2) is 63.3 Å². The summed E-state index contributed by atoms with van der Waals surface area (Å²) in [5, 5.41) is 22.9. The Balaban J connectivity index is 1.99. The van der Waals surface area contributed by atoms with E-state index in [1.54, 1.807) is 16.7 Å². The molecule has 0 aromatic rings. The smallest absolute Gasteiger partial charge is 0.235 e. The molecule has 0 aromatic carbocycles. The minimum atomic E-state index is -1.63. The van der Waals surface area contributed by atoms with Crippen LogP contribution in [-0.2, 0) is 0 Å². The number of rotatable bonds is 1. The van der Waals surface area contributed by atoms with Crippen LogP contribution in [0.3, 0.4) is 0 Å². The number of aliphatic hydroxyl groups is 2. The Morgan fingerprint density at radius 1 is 1.29 bits per heavy atom. The third-order valence-corrected chi connectivity index (χ3v) is 4.62. The normalized spacial score (nSPS) is 34.3. The minimum absolute atomic E-state index is 0.115. The largest absolute Gasteiger partial charge is 0.353 e. The summed E-state index contributed by atoms with van der Waals surface area (Å²) in [6.07, 6.45) is 0.115. The van der Waals surface area contributed by atoms with E-state index in [4.69, 9.17) is 0 Å². The molecule has 0 radical (unpaired) electrons. The number of hydrogen-bond donors (Lipinski definition) is 3. The maximum absolute atomic E-state index is 9.80. The van der Waals surface area contributed by atoms with Crippen LogP contribution in [0, 0.1) is 0 Å². The number of hydrogen-bond acceptors (Lipinski definition) is 6. The first-order valence-electron chi connectivity index (χ1n) is 4.80. The summed E-state index contributed by atoms with van der Waals surface area (Å²) in [7, 11) is 0. The van der Waals surface area contributed by atoms with E-state index in [9.17, 15) is 10.2 Å². The van der Waals surface area contributed by atoms with E-state index in [1.165, 1.54) is 0 Å². The van der Waals surface area contributed by atoms with Crippen molar-refractivity contribution in [2.45, 2.75) is 12.1 Å². The molecule has 4 nitrogen and oxygen atoms in total. The van der Waals surface area contributed by atoms with Crippen molar-refractivity contribution in [3.8, 4) is 0 Å². The summed E-state index contributed by atoms with van der Waals surface area (Å²) < 4.78 is 0. The van der Waals surface area contributed by atoms with Crippen LogP contribution in [0.1, 0.15) is 0 Å². The Morgan fingerprint density at radius 2 is 2.14 bits per heavy atom. The molecule has 1 unspecified atom stereocenters. The molecule has 0 spiro atoms. The van der Waals surface area contributed by atoms with Gasteiger partial charge in [-0.15, -0.1) is 0 Å². The standard InChI is InChI=1S/C8H16N2O2S2/c11-8(12)6-14-4-2-10(8)7-5-13-3-1-9-7/h7,9,11-12H,1-6H2. The summed E-state index contributed by atoms with van der Waals surface area (Å²) in [6.45, 7) is 1.70. The second-order valence-corrected chi connectivity index (χ2v) is 5.82. The number of nitrogens with one attached hydrogen (secondary N) is 1. The van der Waals surface area contributed by atoms with E-state index in [0.717, 1.165) is 30.3 Å². The lowest BCUT2D eigenvalue weighted by Crippen LogP contribution is -2.64. The first kappa shape index (κ1) is 11.0. The van der Waals surface area contributed by atoms with Crippen molar-refractivity contribution >= 4 is 23.5 Å². The van der Waals surface area contributed by atoms with Gasteiger partial charge in [0.25, 0.3) is 0 Å². The van der Waals surface area contributed by atoms with Gasteiger partial charge in [-0.25, -0.2) is 4.90 Å². The highest BCUT2D eigenvalue weighted by Gasteiger charge is 2.39. The minimum Gasteiger partial charge on any atom is -0.353 e. The van der Waals surface area contributed by atoms with Crippen LogP contribution in [0.2, 0.25) is 0 Å². The van der Waals surface area contributed by atoms with Gasteiger partial charge in [-0.3, -0.25) is 0 Å². The van der Waals surface area contributed by atoms with E-state index in [2.05, 4.69) is 5.32 Å². The topological polar surface area (TPSA) is 55.7 Å². The quantitative estimate of drug-likeness (QED) is 0.525. The van der Waals surface area contributed by atoms with Gasteiger partial charge < -0.3 is 15.5 Å². The maximum Gasteiger partial charge on any atom is 0.235 e. The predicted octanol–water partition coefficient (Wildman–Crippen LogP) is -0.664. The van der Waals surface area contributed by atoms with Gasteiger partial charge in [0, 0.05) is 30.3 Å². The lowest BCUT2D eigenvalue weighted by molar-refractivity contribution is -0.260. The highest BCUT2D eigenvalue weighted by molar-refractivity contribution is 7.99. The molecule has 2 fully saturated rings. The van der Waals surface area contributed by atoms with Gasteiger partial charge in [-0.1, -0.05) is 0 Å². The molecule has 0 saturated carbocycles. The molecule has 0 aromatic heterocycles. The molecule has 2 saturated heterocycles. The Morgan fingerprint density at radius 3 is 2.79 bits per heavy atom. The molecule has 0 aliphatic carbocycles. The lowest BCUT2D eigenvalue weighted by atomic mass is 10.3. The molecule has 2 aliphatic rings. The summed E-state index contributed by atoms with van der Waals surface area (Å²) in [5.74, 6) is 1.79. The zero-order chi connectivity index (χ0) is 10.0. The van der Waals surface area contributed by atoms with Crippen molar-refractivity contribution in [1.82, 2.24) is 10.2 Å². The zero-order valence-corrected chi connectivity index (χ0v) is 9.61. The molecular formula is C8H16N2O2S2. The van der Waals surface area contributed by atoms with Crippen LogP contribution in [0.4, 0.5) is 0 Å². The average molecular weight is 236 g/mol. The fourth-order valence-electron chi connectivity index (χ4n) is 1.79. The van der Waals surface area contributed by atoms with Crippen molar-refractivity contribution in [3.05, 3.63) is 0 Å². The second kappa shape index (κ2) is 4.59. The van der Waals surface area contributed by atoms with Crippen LogP contribution >= 0.6 is 23.5 Å². The zero-order valence-electron chi connectivity index (χ0n) is 7.98. The van der Waals surface area contributed by atoms with Gasteiger partial charge in [0.1, 0.15) is 0 Å². The molecule has 3 N–H and O–H groups in total. The Hall–Kier alpha value is 0.540. The monoisotopic (exact) mass is 236 g/mol. The number of thioether (sulfide) groups is 2. The van der Waals surface area contributed by atoms with E-state index in [0.29, 0.717) is 5.75 Å². The highest BCUT2D eigenvalue weighted by atomic mass is 32.2. The first-order valence-corrected chi connectivity index (χ1v) is 7.11. The highest BCUT2D eigenvalue weighted by Crippen LogP contribution is 2.25. The van der Waals surface area contributed by atoms with Gasteiger partial charge in [-0.2, -0.15) is 23.5 Å². The van der Waals surface area contributed by atoms with Gasteiger partial charge in [-0.05, 0) is 0 Å². The third kappa shape index (κ3) is 2.37. The molecule has 0 bridgehead atoms. The van der Waals surface area contributed by atoms with Gasteiger partial charge in [0.2, 0.25) is 5.91 Å². The molecule has 82 valence electrons. The van der Waals surface area contributed by atoms with Gasteiger partial charge >= 0.3 is 0 Å². The summed E-state index contributed by atoms with van der Waals surface area (Å²) in [6, 6.07) is 0. The maximum atomic E-state index is 9.80. The molecule has 1 atom stereocenters. The van der Waals surface area contributed by atoms with E-state index >= 15 is 0 Å². The molecule has 2 rings (SSSR count). The molecule has 0 amide bonds. The van der Waals surface area contributed by atoms with Crippen molar-refractivity contribution < 1.29 is 10.2 Å². The van der Waals surface area contributed by atoms with E-state index in [-0.39, 0.29) is 6.17 Å². The predicted molar refractivity (Wildman–Crippen MR) is 60.3 cm³/mol. The van der Waals surface area contributed by atoms with Gasteiger partial charge in [0.05, 0.1) is 11.9 Å². The SMILES string of the molecule is OC1(O)CSCCN1C1CSCCN1.